The van der Waals surface area contributed by atoms with Crippen molar-refractivity contribution in [1.82, 2.24) is 15.3 Å². The van der Waals surface area contributed by atoms with Crippen LogP contribution in [0.2, 0.25) is 0 Å². The molecule has 0 spiro atoms. The van der Waals surface area contributed by atoms with Gasteiger partial charge in [0.1, 0.15) is 0 Å². The van der Waals surface area contributed by atoms with Gasteiger partial charge < -0.3 is 10.3 Å². The molecule has 1 fully saturated rings. The molecule has 3 heteroatoms. The monoisotopic (exact) mass is 235 g/mol. The Bertz CT molecular complexity index is 297. The first-order valence-corrected chi connectivity index (χ1v) is 6.96. The van der Waals surface area contributed by atoms with E-state index in [1.54, 1.807) is 6.33 Å². The number of H-pyrrole nitrogens is 1. The first-order chi connectivity index (χ1) is 8.25. The van der Waals surface area contributed by atoms with Crippen molar-refractivity contribution in [3.05, 3.63) is 18.2 Å². The molecule has 96 valence electrons. The van der Waals surface area contributed by atoms with Crippen LogP contribution in [0, 0.1) is 11.8 Å². The first kappa shape index (κ1) is 12.6. The Hall–Kier alpha value is -0.830. The lowest BCUT2D eigenvalue weighted by Gasteiger charge is -2.31. The van der Waals surface area contributed by atoms with E-state index < -0.39 is 0 Å². The number of hydrogen-bond acceptors (Lipinski definition) is 2. The lowest BCUT2D eigenvalue weighted by Crippen LogP contribution is -2.35. The summed E-state index contributed by atoms with van der Waals surface area (Å²) < 4.78 is 0. The van der Waals surface area contributed by atoms with Gasteiger partial charge in [-0.3, -0.25) is 0 Å². The summed E-state index contributed by atoms with van der Waals surface area (Å²) in [6.45, 7) is 5.78. The number of nitrogens with one attached hydrogen (secondary N) is 2. The summed E-state index contributed by atoms with van der Waals surface area (Å²) in [5.41, 5.74) is 1.23. The molecule has 2 rings (SSSR count). The molecule has 0 bridgehead atoms. The van der Waals surface area contributed by atoms with Crippen molar-refractivity contribution in [1.29, 1.82) is 0 Å². The lowest BCUT2D eigenvalue weighted by molar-refractivity contribution is 0.239. The third kappa shape index (κ3) is 3.84. The van der Waals surface area contributed by atoms with Crippen molar-refractivity contribution in [2.45, 2.75) is 52.0 Å². The van der Waals surface area contributed by atoms with Gasteiger partial charge in [-0.1, -0.05) is 13.8 Å². The highest BCUT2D eigenvalue weighted by Gasteiger charge is 2.22. The summed E-state index contributed by atoms with van der Waals surface area (Å²) in [6, 6.07) is 0.743. The minimum atomic E-state index is 0.743. The SMILES string of the molecule is CC(C)C1CCC(NCCc2cnc[nH]2)CC1. The second kappa shape index (κ2) is 6.20. The Morgan fingerprint density at radius 2 is 2.12 bits per heavy atom. The molecule has 17 heavy (non-hydrogen) atoms. The maximum Gasteiger partial charge on any atom is 0.0921 e. The highest BCUT2D eigenvalue weighted by atomic mass is 14.9. The van der Waals surface area contributed by atoms with E-state index in [0.717, 1.165) is 30.8 Å². The van der Waals surface area contributed by atoms with Crippen LogP contribution >= 0.6 is 0 Å². The van der Waals surface area contributed by atoms with Crippen LogP contribution in [0.4, 0.5) is 0 Å². The quantitative estimate of drug-likeness (QED) is 0.824. The predicted octanol–water partition coefficient (Wildman–Crippen LogP) is 2.76. The van der Waals surface area contributed by atoms with Crippen LogP contribution in [-0.4, -0.2) is 22.6 Å². The zero-order chi connectivity index (χ0) is 12.1. The number of nitrogens with zero attached hydrogens (tertiary/aromatic N) is 1. The van der Waals surface area contributed by atoms with Crippen LogP contribution in [0.25, 0.3) is 0 Å². The van der Waals surface area contributed by atoms with Gasteiger partial charge in [0.2, 0.25) is 0 Å². The average Bonchev–Trinajstić information content (AvgIpc) is 2.83. The van der Waals surface area contributed by atoms with Gasteiger partial charge in [0.25, 0.3) is 0 Å². The molecule has 0 aromatic carbocycles. The number of aromatic amines is 1. The van der Waals surface area contributed by atoms with Crippen LogP contribution in [0.15, 0.2) is 12.5 Å². The predicted molar refractivity (Wildman–Crippen MR) is 70.9 cm³/mol. The Balaban J connectivity index is 1.62. The van der Waals surface area contributed by atoms with Crippen molar-refractivity contribution in [2.24, 2.45) is 11.8 Å². The van der Waals surface area contributed by atoms with Crippen LogP contribution < -0.4 is 5.32 Å². The molecular formula is C14H25N3. The maximum absolute atomic E-state index is 4.03. The van der Waals surface area contributed by atoms with Gasteiger partial charge in [-0.25, -0.2) is 4.98 Å². The highest BCUT2D eigenvalue weighted by Crippen LogP contribution is 2.29. The van der Waals surface area contributed by atoms with Gasteiger partial charge in [0.05, 0.1) is 6.33 Å². The Morgan fingerprint density at radius 1 is 1.35 bits per heavy atom. The molecule has 3 nitrogen and oxygen atoms in total. The van der Waals surface area contributed by atoms with E-state index in [4.69, 9.17) is 0 Å². The van der Waals surface area contributed by atoms with Crippen LogP contribution in [0.5, 0.6) is 0 Å². The summed E-state index contributed by atoms with van der Waals surface area (Å²) in [5.74, 6) is 1.82. The smallest absolute Gasteiger partial charge is 0.0921 e. The Labute approximate surface area is 104 Å². The minimum absolute atomic E-state index is 0.743. The summed E-state index contributed by atoms with van der Waals surface area (Å²) in [7, 11) is 0. The number of rotatable bonds is 5. The van der Waals surface area contributed by atoms with E-state index in [1.807, 2.05) is 6.20 Å². The van der Waals surface area contributed by atoms with Gasteiger partial charge in [-0.05, 0) is 37.5 Å². The second-order valence-electron chi connectivity index (χ2n) is 5.64. The van der Waals surface area contributed by atoms with E-state index >= 15 is 0 Å². The molecule has 0 unspecified atom stereocenters. The molecule has 0 radical (unpaired) electrons. The number of aromatic nitrogens is 2. The molecule has 1 aromatic rings. The minimum Gasteiger partial charge on any atom is -0.348 e. The van der Waals surface area contributed by atoms with Gasteiger partial charge in [0.15, 0.2) is 0 Å². The first-order valence-electron chi connectivity index (χ1n) is 6.96. The fraction of sp³-hybridized carbons (Fsp3) is 0.786. The van der Waals surface area contributed by atoms with Gasteiger partial charge in [-0.15, -0.1) is 0 Å². The third-order valence-electron chi connectivity index (χ3n) is 4.10. The Kier molecular flexibility index (Phi) is 4.60. The molecule has 1 aromatic heterocycles. The highest BCUT2D eigenvalue weighted by molar-refractivity contribution is 4.94. The molecule has 0 saturated heterocycles. The zero-order valence-electron chi connectivity index (χ0n) is 11.1. The number of hydrogen-bond donors (Lipinski definition) is 2. The van der Waals surface area contributed by atoms with E-state index in [2.05, 4.69) is 29.1 Å². The molecule has 1 aliphatic rings. The fourth-order valence-electron chi connectivity index (χ4n) is 2.82. The van der Waals surface area contributed by atoms with E-state index in [0.29, 0.717) is 0 Å². The van der Waals surface area contributed by atoms with Crippen molar-refractivity contribution in [3.8, 4) is 0 Å². The van der Waals surface area contributed by atoms with Gasteiger partial charge in [-0.2, -0.15) is 0 Å². The summed E-state index contributed by atoms with van der Waals surface area (Å²) >= 11 is 0. The maximum atomic E-state index is 4.03. The summed E-state index contributed by atoms with van der Waals surface area (Å²) in [6.07, 6.45) is 10.2. The Morgan fingerprint density at radius 3 is 2.71 bits per heavy atom. The molecule has 0 amide bonds. The topological polar surface area (TPSA) is 40.7 Å². The summed E-state index contributed by atoms with van der Waals surface area (Å²) in [5, 5.41) is 3.67. The molecule has 0 atom stereocenters. The molecular weight excluding hydrogens is 210 g/mol. The van der Waals surface area contributed by atoms with Crippen molar-refractivity contribution in [3.63, 3.8) is 0 Å². The average molecular weight is 235 g/mol. The molecule has 1 saturated carbocycles. The summed E-state index contributed by atoms with van der Waals surface area (Å²) in [4.78, 5) is 7.18. The normalized spacial score (nSPS) is 25.4. The van der Waals surface area contributed by atoms with Gasteiger partial charge >= 0.3 is 0 Å². The second-order valence-corrected chi connectivity index (χ2v) is 5.64. The van der Waals surface area contributed by atoms with Crippen LogP contribution in [-0.2, 0) is 6.42 Å². The van der Waals surface area contributed by atoms with E-state index in [9.17, 15) is 0 Å². The van der Waals surface area contributed by atoms with Crippen LogP contribution in [0.1, 0.15) is 45.2 Å². The standard InChI is InChI=1S/C14H25N3/c1-11(2)12-3-5-13(6-4-12)16-8-7-14-9-15-10-17-14/h9-13,16H,3-8H2,1-2H3,(H,15,17). The molecule has 0 aliphatic heterocycles. The van der Waals surface area contributed by atoms with Crippen molar-refractivity contribution >= 4 is 0 Å². The number of imidazole rings is 1. The van der Waals surface area contributed by atoms with Gasteiger partial charge in [0, 0.05) is 30.9 Å². The zero-order valence-corrected chi connectivity index (χ0v) is 11.1. The molecule has 1 heterocycles. The third-order valence-corrected chi connectivity index (χ3v) is 4.10. The lowest BCUT2D eigenvalue weighted by atomic mass is 9.80. The van der Waals surface area contributed by atoms with Crippen LogP contribution in [0.3, 0.4) is 0 Å². The molecule has 2 N–H and O–H groups in total. The van der Waals surface area contributed by atoms with Crippen molar-refractivity contribution in [2.75, 3.05) is 6.54 Å². The van der Waals surface area contributed by atoms with E-state index in [1.165, 1.54) is 31.4 Å². The fourth-order valence-corrected chi connectivity index (χ4v) is 2.82. The largest absolute Gasteiger partial charge is 0.348 e. The van der Waals surface area contributed by atoms with Crippen molar-refractivity contribution < 1.29 is 0 Å². The molecule has 1 aliphatic carbocycles. The van der Waals surface area contributed by atoms with E-state index in [-0.39, 0.29) is 0 Å².